The Labute approximate surface area is 157 Å². The molecule has 1 heterocycles. The predicted molar refractivity (Wildman–Crippen MR) is 97.1 cm³/mol. The SMILES string of the molecule is COc1ccc(F)cc1C(=O)N1CCN(C(=O)OCc2ccccc2)CC1. The van der Waals surface area contributed by atoms with Gasteiger partial charge in [-0.05, 0) is 23.8 Å². The number of nitrogens with zero attached hydrogens (tertiary/aromatic N) is 2. The van der Waals surface area contributed by atoms with Crippen LogP contribution >= 0.6 is 0 Å². The van der Waals surface area contributed by atoms with E-state index < -0.39 is 11.9 Å². The maximum Gasteiger partial charge on any atom is 0.410 e. The molecule has 142 valence electrons. The van der Waals surface area contributed by atoms with E-state index in [1.165, 1.54) is 25.3 Å². The molecule has 0 aliphatic carbocycles. The van der Waals surface area contributed by atoms with Gasteiger partial charge in [0.25, 0.3) is 5.91 Å². The van der Waals surface area contributed by atoms with Crippen LogP contribution in [0.1, 0.15) is 15.9 Å². The molecule has 2 aromatic rings. The molecule has 7 heteroatoms. The number of methoxy groups -OCH3 is 1. The first-order valence-electron chi connectivity index (χ1n) is 8.67. The van der Waals surface area contributed by atoms with Crippen molar-refractivity contribution in [3.05, 3.63) is 65.5 Å². The van der Waals surface area contributed by atoms with Gasteiger partial charge < -0.3 is 19.3 Å². The average Bonchev–Trinajstić information content (AvgIpc) is 2.72. The Bertz CT molecular complexity index is 805. The minimum atomic E-state index is -0.498. The number of hydrogen-bond acceptors (Lipinski definition) is 4. The molecule has 2 aromatic carbocycles. The highest BCUT2D eigenvalue weighted by Crippen LogP contribution is 2.22. The molecule has 0 unspecified atom stereocenters. The summed E-state index contributed by atoms with van der Waals surface area (Å²) in [5.74, 6) is -0.489. The van der Waals surface area contributed by atoms with Gasteiger partial charge in [-0.15, -0.1) is 0 Å². The van der Waals surface area contributed by atoms with E-state index in [0.717, 1.165) is 5.56 Å². The minimum Gasteiger partial charge on any atom is -0.496 e. The van der Waals surface area contributed by atoms with Crippen LogP contribution in [0, 0.1) is 5.82 Å². The van der Waals surface area contributed by atoms with Crippen molar-refractivity contribution >= 4 is 12.0 Å². The second kappa shape index (κ2) is 8.53. The highest BCUT2D eigenvalue weighted by Gasteiger charge is 2.27. The smallest absolute Gasteiger partial charge is 0.410 e. The Morgan fingerprint density at radius 1 is 1.00 bits per heavy atom. The number of ether oxygens (including phenoxy) is 2. The van der Waals surface area contributed by atoms with E-state index >= 15 is 0 Å². The van der Waals surface area contributed by atoms with Gasteiger partial charge >= 0.3 is 6.09 Å². The molecule has 1 fully saturated rings. The van der Waals surface area contributed by atoms with E-state index in [-0.39, 0.29) is 18.1 Å². The summed E-state index contributed by atoms with van der Waals surface area (Å²) in [6, 6.07) is 13.3. The third-order valence-electron chi connectivity index (χ3n) is 4.42. The molecule has 27 heavy (non-hydrogen) atoms. The molecular formula is C20H21FN2O4. The molecule has 2 amide bonds. The largest absolute Gasteiger partial charge is 0.496 e. The molecule has 1 aliphatic rings. The standard InChI is InChI=1S/C20H21FN2O4/c1-26-18-8-7-16(21)13-17(18)19(24)22-9-11-23(12-10-22)20(25)27-14-15-5-3-2-4-6-15/h2-8,13H,9-12,14H2,1H3. The Kier molecular flexibility index (Phi) is 5.90. The van der Waals surface area contributed by atoms with E-state index in [4.69, 9.17) is 9.47 Å². The number of benzene rings is 2. The first-order chi connectivity index (χ1) is 13.1. The maximum absolute atomic E-state index is 13.5. The number of hydrogen-bond donors (Lipinski definition) is 0. The summed E-state index contributed by atoms with van der Waals surface area (Å²) in [4.78, 5) is 28.0. The average molecular weight is 372 g/mol. The molecule has 0 N–H and O–H groups in total. The molecular weight excluding hydrogens is 351 g/mol. The van der Waals surface area contributed by atoms with E-state index in [1.54, 1.807) is 9.80 Å². The number of amides is 2. The Morgan fingerprint density at radius 3 is 2.33 bits per heavy atom. The number of carbonyl (C=O) groups is 2. The third kappa shape index (κ3) is 4.55. The van der Waals surface area contributed by atoms with Gasteiger partial charge in [-0.3, -0.25) is 4.79 Å². The first-order valence-corrected chi connectivity index (χ1v) is 8.67. The van der Waals surface area contributed by atoms with Crippen LogP contribution in [-0.2, 0) is 11.3 Å². The molecule has 6 nitrogen and oxygen atoms in total. The summed E-state index contributed by atoms with van der Waals surface area (Å²) in [6.07, 6.45) is -0.408. The van der Waals surface area contributed by atoms with Crippen LogP contribution in [0.15, 0.2) is 48.5 Å². The fraction of sp³-hybridized carbons (Fsp3) is 0.300. The highest BCUT2D eigenvalue weighted by atomic mass is 19.1. The van der Waals surface area contributed by atoms with E-state index in [9.17, 15) is 14.0 Å². The van der Waals surface area contributed by atoms with Gasteiger partial charge in [-0.25, -0.2) is 9.18 Å². The summed E-state index contributed by atoms with van der Waals surface area (Å²) >= 11 is 0. The van der Waals surface area contributed by atoms with Gasteiger partial charge in [-0.2, -0.15) is 0 Å². The van der Waals surface area contributed by atoms with Crippen molar-refractivity contribution in [2.45, 2.75) is 6.61 Å². The zero-order chi connectivity index (χ0) is 19.2. The second-order valence-electron chi connectivity index (χ2n) is 6.16. The molecule has 0 radical (unpaired) electrons. The van der Waals surface area contributed by atoms with Crippen molar-refractivity contribution in [3.8, 4) is 5.75 Å². The van der Waals surface area contributed by atoms with Crippen LogP contribution < -0.4 is 4.74 Å². The summed E-state index contributed by atoms with van der Waals surface area (Å²) in [5, 5.41) is 0. The maximum atomic E-state index is 13.5. The van der Waals surface area contributed by atoms with Crippen molar-refractivity contribution in [1.82, 2.24) is 9.80 Å². The second-order valence-corrected chi connectivity index (χ2v) is 6.16. The van der Waals surface area contributed by atoms with Crippen molar-refractivity contribution in [3.63, 3.8) is 0 Å². The Balaban J connectivity index is 1.54. The zero-order valence-electron chi connectivity index (χ0n) is 15.1. The van der Waals surface area contributed by atoms with Gasteiger partial charge in [0.1, 0.15) is 18.2 Å². The van der Waals surface area contributed by atoms with Gasteiger partial charge in [0.05, 0.1) is 12.7 Å². The van der Waals surface area contributed by atoms with Crippen LogP contribution in [0.5, 0.6) is 5.75 Å². The Morgan fingerprint density at radius 2 is 1.67 bits per heavy atom. The molecule has 0 saturated carbocycles. The van der Waals surface area contributed by atoms with Crippen molar-refractivity contribution in [1.29, 1.82) is 0 Å². The molecule has 1 aliphatic heterocycles. The topological polar surface area (TPSA) is 59.1 Å². The van der Waals surface area contributed by atoms with Crippen LogP contribution in [0.25, 0.3) is 0 Å². The predicted octanol–water partition coefficient (Wildman–Crippen LogP) is 2.93. The van der Waals surface area contributed by atoms with E-state index in [1.807, 2.05) is 30.3 Å². The number of piperazine rings is 1. The normalized spacial score (nSPS) is 14.0. The summed E-state index contributed by atoms with van der Waals surface area (Å²) in [5.41, 5.74) is 1.09. The summed E-state index contributed by atoms with van der Waals surface area (Å²) in [6.45, 7) is 1.62. The van der Waals surface area contributed by atoms with Gasteiger partial charge in [0.2, 0.25) is 0 Å². The monoisotopic (exact) mass is 372 g/mol. The van der Waals surface area contributed by atoms with Crippen molar-refractivity contribution in [2.75, 3.05) is 33.3 Å². The van der Waals surface area contributed by atoms with Crippen molar-refractivity contribution < 1.29 is 23.5 Å². The third-order valence-corrected chi connectivity index (χ3v) is 4.42. The van der Waals surface area contributed by atoms with Crippen LogP contribution in [0.3, 0.4) is 0 Å². The van der Waals surface area contributed by atoms with Crippen LogP contribution in [0.2, 0.25) is 0 Å². The molecule has 0 spiro atoms. The number of halogens is 1. The molecule has 0 bridgehead atoms. The number of rotatable bonds is 4. The summed E-state index contributed by atoms with van der Waals surface area (Å²) < 4.78 is 24.0. The van der Waals surface area contributed by atoms with Crippen LogP contribution in [0.4, 0.5) is 9.18 Å². The van der Waals surface area contributed by atoms with Crippen molar-refractivity contribution in [2.24, 2.45) is 0 Å². The lowest BCUT2D eigenvalue weighted by atomic mass is 10.1. The fourth-order valence-electron chi connectivity index (χ4n) is 2.92. The lowest BCUT2D eigenvalue weighted by Crippen LogP contribution is -2.50. The Hall–Kier alpha value is -3.09. The lowest BCUT2D eigenvalue weighted by Gasteiger charge is -2.34. The van der Waals surface area contributed by atoms with Gasteiger partial charge in [0.15, 0.2) is 0 Å². The highest BCUT2D eigenvalue weighted by molar-refractivity contribution is 5.97. The van der Waals surface area contributed by atoms with Crippen LogP contribution in [-0.4, -0.2) is 55.1 Å². The first kappa shape index (κ1) is 18.7. The van der Waals surface area contributed by atoms with E-state index in [2.05, 4.69) is 0 Å². The fourth-order valence-corrected chi connectivity index (χ4v) is 2.92. The zero-order valence-corrected chi connectivity index (χ0v) is 15.1. The molecule has 0 atom stereocenters. The molecule has 3 rings (SSSR count). The van der Waals surface area contributed by atoms with E-state index in [0.29, 0.717) is 31.9 Å². The van der Waals surface area contributed by atoms with Gasteiger partial charge in [0, 0.05) is 26.2 Å². The quantitative estimate of drug-likeness (QED) is 0.828. The van der Waals surface area contributed by atoms with Gasteiger partial charge in [-0.1, -0.05) is 30.3 Å². The minimum absolute atomic E-state index is 0.178. The lowest BCUT2D eigenvalue weighted by molar-refractivity contribution is 0.0541. The molecule has 0 aromatic heterocycles. The summed E-state index contributed by atoms with van der Waals surface area (Å²) in [7, 11) is 1.44. The number of carbonyl (C=O) groups excluding carboxylic acids is 2. The molecule has 1 saturated heterocycles.